The zero-order valence-corrected chi connectivity index (χ0v) is 15.0. The number of hydrogen-bond donors (Lipinski definition) is 2. The van der Waals surface area contributed by atoms with Gasteiger partial charge in [-0.1, -0.05) is 42.2 Å². The van der Waals surface area contributed by atoms with Gasteiger partial charge >= 0.3 is 6.03 Å². The molecule has 2 N–H and O–H groups in total. The van der Waals surface area contributed by atoms with E-state index in [0.717, 1.165) is 10.4 Å². The first-order valence-electron chi connectivity index (χ1n) is 8.04. The van der Waals surface area contributed by atoms with Gasteiger partial charge in [0.05, 0.1) is 16.3 Å². The number of benzene rings is 2. The number of nitrogens with zero attached hydrogens (tertiary/aromatic N) is 1. The van der Waals surface area contributed by atoms with Gasteiger partial charge in [0.2, 0.25) is 0 Å². The van der Waals surface area contributed by atoms with Crippen LogP contribution in [0.2, 0.25) is 0 Å². The fraction of sp³-hybridized carbons (Fsp3) is 0.0500. The predicted molar refractivity (Wildman–Crippen MR) is 106 cm³/mol. The van der Waals surface area contributed by atoms with Crippen molar-refractivity contribution in [2.45, 2.75) is 6.54 Å². The first-order chi connectivity index (χ1) is 13.1. The molecule has 134 valence electrons. The lowest BCUT2D eigenvalue weighted by Crippen LogP contribution is -2.28. The lowest BCUT2D eigenvalue weighted by molar-refractivity contribution is -0.385. The van der Waals surface area contributed by atoms with Crippen LogP contribution in [0.4, 0.5) is 16.2 Å². The van der Waals surface area contributed by atoms with Crippen molar-refractivity contribution in [3.8, 4) is 11.8 Å². The summed E-state index contributed by atoms with van der Waals surface area (Å²) in [5.74, 6) is 6.11. The summed E-state index contributed by atoms with van der Waals surface area (Å²) in [6, 6.07) is 16.9. The first kappa shape index (κ1) is 18.2. The van der Waals surface area contributed by atoms with Crippen LogP contribution in [-0.4, -0.2) is 11.0 Å². The van der Waals surface area contributed by atoms with Crippen LogP contribution in [0.25, 0.3) is 0 Å². The second-order valence-electron chi connectivity index (χ2n) is 5.50. The molecule has 0 aliphatic carbocycles. The van der Waals surface area contributed by atoms with E-state index >= 15 is 0 Å². The molecule has 0 fully saturated rings. The SMILES string of the molecule is O=C(NCc1ccccc1[N+](=O)[O-])Nc1cccc(C#Cc2cccs2)c1. The Morgan fingerprint density at radius 3 is 2.70 bits per heavy atom. The third kappa shape index (κ3) is 5.17. The Morgan fingerprint density at radius 2 is 1.93 bits per heavy atom. The van der Waals surface area contributed by atoms with Crippen LogP contribution >= 0.6 is 11.3 Å². The summed E-state index contributed by atoms with van der Waals surface area (Å²) in [6.07, 6.45) is 0. The molecule has 0 saturated heterocycles. The van der Waals surface area contributed by atoms with E-state index in [-0.39, 0.29) is 12.2 Å². The molecule has 0 spiro atoms. The largest absolute Gasteiger partial charge is 0.334 e. The second kappa shape index (κ2) is 8.65. The molecule has 3 aromatic rings. The third-order valence-corrected chi connectivity index (χ3v) is 4.38. The minimum absolute atomic E-state index is 0.0244. The topological polar surface area (TPSA) is 84.3 Å². The molecule has 0 unspecified atom stereocenters. The van der Waals surface area contributed by atoms with Crippen LogP contribution < -0.4 is 10.6 Å². The molecule has 27 heavy (non-hydrogen) atoms. The Labute approximate surface area is 160 Å². The smallest absolute Gasteiger partial charge is 0.319 e. The highest BCUT2D eigenvalue weighted by Crippen LogP contribution is 2.17. The van der Waals surface area contributed by atoms with Crippen molar-refractivity contribution in [3.63, 3.8) is 0 Å². The number of anilines is 1. The van der Waals surface area contributed by atoms with Gasteiger partial charge < -0.3 is 10.6 Å². The minimum Gasteiger partial charge on any atom is -0.334 e. The summed E-state index contributed by atoms with van der Waals surface area (Å²) in [5.41, 5.74) is 1.78. The lowest BCUT2D eigenvalue weighted by atomic mass is 10.2. The maximum Gasteiger partial charge on any atom is 0.319 e. The van der Waals surface area contributed by atoms with E-state index in [4.69, 9.17) is 0 Å². The molecule has 0 saturated carbocycles. The summed E-state index contributed by atoms with van der Waals surface area (Å²) in [7, 11) is 0. The number of nitro benzene ring substituents is 1. The van der Waals surface area contributed by atoms with E-state index in [2.05, 4.69) is 22.5 Å². The van der Waals surface area contributed by atoms with Crippen LogP contribution in [-0.2, 0) is 6.54 Å². The molecule has 0 radical (unpaired) electrons. The number of nitrogens with one attached hydrogen (secondary N) is 2. The van der Waals surface area contributed by atoms with Crippen molar-refractivity contribution in [2.75, 3.05) is 5.32 Å². The standard InChI is InChI=1S/C20H15N3O3S/c24-20(21-14-16-6-1-2-9-19(16)23(25)26)22-17-7-3-5-15(13-17)10-11-18-8-4-12-27-18/h1-9,12-13H,14H2,(H2,21,22,24). The van der Waals surface area contributed by atoms with Crippen LogP contribution in [0.3, 0.4) is 0 Å². The molecule has 2 amide bonds. The molecule has 1 heterocycles. The van der Waals surface area contributed by atoms with Crippen LogP contribution in [0.5, 0.6) is 0 Å². The average molecular weight is 377 g/mol. The van der Waals surface area contributed by atoms with Gasteiger partial charge in [-0.25, -0.2) is 4.79 Å². The Hall–Kier alpha value is -3.63. The van der Waals surface area contributed by atoms with E-state index in [0.29, 0.717) is 11.3 Å². The summed E-state index contributed by atoms with van der Waals surface area (Å²) in [4.78, 5) is 23.6. The summed E-state index contributed by atoms with van der Waals surface area (Å²) in [6.45, 7) is 0.0564. The van der Waals surface area contributed by atoms with Gasteiger partial charge in [-0.2, -0.15) is 0 Å². The molecule has 0 atom stereocenters. The number of carbonyl (C=O) groups is 1. The Balaban J connectivity index is 1.61. The van der Waals surface area contributed by atoms with E-state index in [1.54, 1.807) is 47.7 Å². The molecule has 0 aliphatic rings. The fourth-order valence-electron chi connectivity index (χ4n) is 2.35. The van der Waals surface area contributed by atoms with E-state index in [1.165, 1.54) is 6.07 Å². The van der Waals surface area contributed by atoms with Gasteiger partial charge in [-0.05, 0) is 29.6 Å². The van der Waals surface area contributed by atoms with Gasteiger partial charge in [0.15, 0.2) is 0 Å². The van der Waals surface area contributed by atoms with Crippen molar-refractivity contribution in [1.82, 2.24) is 5.32 Å². The number of urea groups is 1. The van der Waals surface area contributed by atoms with E-state index in [9.17, 15) is 14.9 Å². The van der Waals surface area contributed by atoms with Crippen molar-refractivity contribution >= 4 is 28.7 Å². The summed E-state index contributed by atoms with van der Waals surface area (Å²) < 4.78 is 0. The van der Waals surface area contributed by atoms with E-state index < -0.39 is 11.0 Å². The fourth-order valence-corrected chi connectivity index (χ4v) is 2.92. The maximum atomic E-state index is 12.1. The van der Waals surface area contributed by atoms with Gasteiger partial charge in [-0.15, -0.1) is 11.3 Å². The van der Waals surface area contributed by atoms with E-state index in [1.807, 2.05) is 23.6 Å². The number of hydrogen-bond acceptors (Lipinski definition) is 4. The second-order valence-corrected chi connectivity index (χ2v) is 6.45. The predicted octanol–water partition coefficient (Wildman–Crippen LogP) is 4.38. The lowest BCUT2D eigenvalue weighted by Gasteiger charge is -2.08. The molecule has 3 rings (SSSR count). The highest BCUT2D eigenvalue weighted by Gasteiger charge is 2.12. The number of rotatable bonds is 4. The zero-order valence-electron chi connectivity index (χ0n) is 14.1. The monoisotopic (exact) mass is 377 g/mol. The Bertz CT molecular complexity index is 1020. The Morgan fingerprint density at radius 1 is 1.07 bits per heavy atom. The zero-order chi connectivity index (χ0) is 19.1. The van der Waals surface area contributed by atoms with Crippen molar-refractivity contribution in [1.29, 1.82) is 0 Å². The molecule has 1 aromatic heterocycles. The van der Waals surface area contributed by atoms with Crippen molar-refractivity contribution < 1.29 is 9.72 Å². The average Bonchev–Trinajstić information content (AvgIpc) is 3.19. The molecule has 7 heteroatoms. The number of amides is 2. The molecule has 0 aliphatic heterocycles. The molecular weight excluding hydrogens is 362 g/mol. The maximum absolute atomic E-state index is 12.1. The molecule has 6 nitrogen and oxygen atoms in total. The van der Waals surface area contributed by atoms with Gasteiger partial charge in [-0.3, -0.25) is 10.1 Å². The van der Waals surface area contributed by atoms with Crippen molar-refractivity contribution in [3.05, 3.63) is 92.2 Å². The van der Waals surface area contributed by atoms with Crippen LogP contribution in [0, 0.1) is 22.0 Å². The molecule has 2 aromatic carbocycles. The molecule has 0 bridgehead atoms. The summed E-state index contributed by atoms with van der Waals surface area (Å²) in [5, 5.41) is 18.3. The highest BCUT2D eigenvalue weighted by atomic mass is 32.1. The number of thiophene rings is 1. The highest BCUT2D eigenvalue weighted by molar-refractivity contribution is 7.10. The van der Waals surface area contributed by atoms with Crippen molar-refractivity contribution in [2.24, 2.45) is 0 Å². The number of carbonyl (C=O) groups excluding carboxylic acids is 1. The normalized spacial score (nSPS) is 9.78. The minimum atomic E-state index is -0.468. The van der Waals surface area contributed by atoms with Gasteiger partial charge in [0, 0.05) is 22.9 Å². The van der Waals surface area contributed by atoms with Crippen LogP contribution in [0.15, 0.2) is 66.0 Å². The summed E-state index contributed by atoms with van der Waals surface area (Å²) >= 11 is 1.56. The number of nitro groups is 1. The quantitative estimate of drug-likeness (QED) is 0.402. The van der Waals surface area contributed by atoms with Gasteiger partial charge in [0.1, 0.15) is 0 Å². The van der Waals surface area contributed by atoms with Gasteiger partial charge in [0.25, 0.3) is 5.69 Å². The Kier molecular flexibility index (Phi) is 5.82. The number of para-hydroxylation sites is 1. The molecular formula is C20H15N3O3S. The third-order valence-electron chi connectivity index (χ3n) is 3.60. The first-order valence-corrected chi connectivity index (χ1v) is 8.92. The van der Waals surface area contributed by atoms with Crippen LogP contribution in [0.1, 0.15) is 16.0 Å².